The predicted octanol–water partition coefficient (Wildman–Crippen LogP) is 1.14. The third-order valence-corrected chi connectivity index (χ3v) is 3.89. The standard InChI is InChI=1S/C14H19N3O3S/c1-14(2,3)17-13(18)7-8-16-21(19,20)12-6-4-5-11(9-12)10-15/h4-6,9,16H,7-8H2,1-3H3,(H,17,18). The van der Waals surface area contributed by atoms with Crippen molar-refractivity contribution in [3.8, 4) is 6.07 Å². The Balaban J connectivity index is 2.62. The van der Waals surface area contributed by atoms with Gasteiger partial charge in [-0.2, -0.15) is 5.26 Å². The Hall–Kier alpha value is -1.91. The number of hydrogen-bond acceptors (Lipinski definition) is 4. The summed E-state index contributed by atoms with van der Waals surface area (Å²) in [6, 6.07) is 7.60. The molecule has 0 fully saturated rings. The molecule has 0 aliphatic rings. The van der Waals surface area contributed by atoms with Crippen LogP contribution in [0.15, 0.2) is 29.2 Å². The van der Waals surface area contributed by atoms with E-state index in [1.807, 2.05) is 26.8 Å². The average molecular weight is 309 g/mol. The second-order valence-electron chi connectivity index (χ2n) is 5.59. The van der Waals surface area contributed by atoms with Crippen LogP contribution in [0.25, 0.3) is 0 Å². The van der Waals surface area contributed by atoms with Crippen LogP contribution in [-0.4, -0.2) is 26.4 Å². The van der Waals surface area contributed by atoms with Gasteiger partial charge < -0.3 is 5.32 Å². The van der Waals surface area contributed by atoms with Gasteiger partial charge >= 0.3 is 0 Å². The van der Waals surface area contributed by atoms with Crippen LogP contribution in [0.4, 0.5) is 0 Å². The van der Waals surface area contributed by atoms with Gasteiger partial charge in [-0.1, -0.05) is 6.07 Å². The quantitative estimate of drug-likeness (QED) is 0.852. The third kappa shape index (κ3) is 5.94. The molecule has 6 nitrogen and oxygen atoms in total. The zero-order chi connectivity index (χ0) is 16.1. The molecular weight excluding hydrogens is 290 g/mol. The van der Waals surface area contributed by atoms with Gasteiger partial charge in [0.25, 0.3) is 0 Å². The smallest absolute Gasteiger partial charge is 0.240 e. The minimum absolute atomic E-state index is 0.00102. The molecule has 0 saturated heterocycles. The van der Waals surface area contributed by atoms with Crippen molar-refractivity contribution in [1.29, 1.82) is 5.26 Å². The van der Waals surface area contributed by atoms with Gasteiger partial charge in [0.15, 0.2) is 0 Å². The highest BCUT2D eigenvalue weighted by Crippen LogP contribution is 2.10. The molecule has 2 N–H and O–H groups in total. The Bertz CT molecular complexity index is 655. The van der Waals surface area contributed by atoms with Crippen molar-refractivity contribution < 1.29 is 13.2 Å². The van der Waals surface area contributed by atoms with Crippen molar-refractivity contribution in [3.63, 3.8) is 0 Å². The van der Waals surface area contributed by atoms with Crippen LogP contribution in [0.2, 0.25) is 0 Å². The summed E-state index contributed by atoms with van der Waals surface area (Å²) in [7, 11) is -3.71. The van der Waals surface area contributed by atoms with Gasteiger partial charge in [0.1, 0.15) is 0 Å². The number of carbonyl (C=O) groups excluding carboxylic acids is 1. The number of nitriles is 1. The molecule has 21 heavy (non-hydrogen) atoms. The van der Waals surface area contributed by atoms with E-state index in [1.165, 1.54) is 24.3 Å². The molecule has 0 radical (unpaired) electrons. The molecule has 0 heterocycles. The van der Waals surface area contributed by atoms with Crippen molar-refractivity contribution in [1.82, 2.24) is 10.0 Å². The summed E-state index contributed by atoms with van der Waals surface area (Å²) in [6.45, 7) is 5.55. The lowest BCUT2D eigenvalue weighted by atomic mass is 10.1. The van der Waals surface area contributed by atoms with Gasteiger partial charge in [0.05, 0.1) is 16.5 Å². The van der Waals surface area contributed by atoms with Gasteiger partial charge in [-0.15, -0.1) is 0 Å². The predicted molar refractivity (Wildman–Crippen MR) is 78.9 cm³/mol. The van der Waals surface area contributed by atoms with E-state index in [1.54, 1.807) is 0 Å². The molecule has 0 bridgehead atoms. The lowest BCUT2D eigenvalue weighted by molar-refractivity contribution is -0.122. The van der Waals surface area contributed by atoms with Crippen molar-refractivity contribution >= 4 is 15.9 Å². The van der Waals surface area contributed by atoms with Crippen LogP contribution >= 0.6 is 0 Å². The molecule has 1 amide bonds. The Labute approximate surface area is 125 Å². The van der Waals surface area contributed by atoms with Gasteiger partial charge in [-0.25, -0.2) is 13.1 Å². The Morgan fingerprint density at radius 1 is 1.33 bits per heavy atom. The van der Waals surface area contributed by atoms with Gasteiger partial charge in [0.2, 0.25) is 15.9 Å². The molecule has 1 aromatic carbocycles. The number of nitrogens with zero attached hydrogens (tertiary/aromatic N) is 1. The van der Waals surface area contributed by atoms with Crippen LogP contribution in [0.3, 0.4) is 0 Å². The zero-order valence-corrected chi connectivity index (χ0v) is 13.1. The molecule has 0 spiro atoms. The molecule has 1 rings (SSSR count). The summed E-state index contributed by atoms with van der Waals surface area (Å²) in [6.07, 6.45) is 0.0500. The number of rotatable bonds is 5. The molecule has 1 aromatic rings. The Kier molecular flexibility index (Phi) is 5.47. The van der Waals surface area contributed by atoms with Gasteiger partial charge in [0, 0.05) is 18.5 Å². The summed E-state index contributed by atoms with van der Waals surface area (Å²) in [5, 5.41) is 11.5. The SMILES string of the molecule is CC(C)(C)NC(=O)CCNS(=O)(=O)c1cccc(C#N)c1. The van der Waals surface area contributed by atoms with Crippen LogP contribution < -0.4 is 10.0 Å². The number of carbonyl (C=O) groups is 1. The highest BCUT2D eigenvalue weighted by molar-refractivity contribution is 7.89. The molecule has 0 aliphatic heterocycles. The minimum Gasteiger partial charge on any atom is -0.351 e. The minimum atomic E-state index is -3.71. The second kappa shape index (κ2) is 6.70. The lowest BCUT2D eigenvalue weighted by Gasteiger charge is -2.20. The summed E-state index contributed by atoms with van der Waals surface area (Å²) in [5.41, 5.74) is -0.0831. The maximum absolute atomic E-state index is 12.0. The monoisotopic (exact) mass is 309 g/mol. The molecule has 0 aliphatic carbocycles. The normalized spacial score (nSPS) is 11.7. The van der Waals surface area contributed by atoms with E-state index < -0.39 is 10.0 Å². The summed E-state index contributed by atoms with van der Waals surface area (Å²) in [5.74, 6) is -0.226. The van der Waals surface area contributed by atoms with Crippen LogP contribution in [0, 0.1) is 11.3 Å². The second-order valence-corrected chi connectivity index (χ2v) is 7.35. The average Bonchev–Trinajstić information content (AvgIpc) is 2.36. The topological polar surface area (TPSA) is 99.1 Å². The van der Waals surface area contributed by atoms with E-state index >= 15 is 0 Å². The maximum atomic E-state index is 12.0. The molecule has 114 valence electrons. The zero-order valence-electron chi connectivity index (χ0n) is 12.3. The number of benzene rings is 1. The third-order valence-electron chi connectivity index (χ3n) is 2.43. The summed E-state index contributed by atoms with van der Waals surface area (Å²) >= 11 is 0. The van der Waals surface area contributed by atoms with Gasteiger partial charge in [-0.3, -0.25) is 4.79 Å². The first kappa shape index (κ1) is 17.1. The van der Waals surface area contributed by atoms with Crippen LogP contribution in [0.1, 0.15) is 32.8 Å². The van der Waals surface area contributed by atoms with Gasteiger partial charge in [-0.05, 0) is 39.0 Å². The fourth-order valence-electron chi connectivity index (χ4n) is 1.60. The van der Waals surface area contributed by atoms with Crippen LogP contribution in [0.5, 0.6) is 0 Å². The first-order valence-corrected chi connectivity index (χ1v) is 7.93. The Morgan fingerprint density at radius 2 is 2.00 bits per heavy atom. The largest absolute Gasteiger partial charge is 0.351 e. The van der Waals surface area contributed by atoms with E-state index in [4.69, 9.17) is 5.26 Å². The molecule has 0 unspecified atom stereocenters. The van der Waals surface area contributed by atoms with Crippen molar-refractivity contribution in [2.24, 2.45) is 0 Å². The lowest BCUT2D eigenvalue weighted by Crippen LogP contribution is -2.41. The molecule has 7 heteroatoms. The first-order chi connectivity index (χ1) is 9.64. The molecule has 0 atom stereocenters. The summed E-state index contributed by atoms with van der Waals surface area (Å²) < 4.78 is 26.4. The number of sulfonamides is 1. The summed E-state index contributed by atoms with van der Waals surface area (Å²) in [4.78, 5) is 11.6. The van der Waals surface area contributed by atoms with E-state index in [2.05, 4.69) is 10.0 Å². The van der Waals surface area contributed by atoms with Crippen molar-refractivity contribution in [2.75, 3.05) is 6.54 Å². The first-order valence-electron chi connectivity index (χ1n) is 6.45. The molecule has 0 aromatic heterocycles. The number of amides is 1. The van der Waals surface area contributed by atoms with Crippen molar-refractivity contribution in [2.45, 2.75) is 37.6 Å². The highest BCUT2D eigenvalue weighted by atomic mass is 32.2. The molecule has 0 saturated carbocycles. The fraction of sp³-hybridized carbons (Fsp3) is 0.429. The number of hydrogen-bond donors (Lipinski definition) is 2. The van der Waals surface area contributed by atoms with E-state index in [0.717, 1.165) is 0 Å². The van der Waals surface area contributed by atoms with E-state index in [-0.39, 0.29) is 34.9 Å². The highest BCUT2D eigenvalue weighted by Gasteiger charge is 2.16. The molecular formula is C14H19N3O3S. The van der Waals surface area contributed by atoms with E-state index in [9.17, 15) is 13.2 Å². The fourth-order valence-corrected chi connectivity index (χ4v) is 2.67. The Morgan fingerprint density at radius 3 is 2.57 bits per heavy atom. The van der Waals surface area contributed by atoms with Crippen molar-refractivity contribution in [3.05, 3.63) is 29.8 Å². The van der Waals surface area contributed by atoms with Crippen LogP contribution in [-0.2, 0) is 14.8 Å². The maximum Gasteiger partial charge on any atom is 0.240 e. The van der Waals surface area contributed by atoms with E-state index in [0.29, 0.717) is 0 Å². The number of nitrogens with one attached hydrogen (secondary N) is 2.